The van der Waals surface area contributed by atoms with E-state index in [1.165, 1.54) is 0 Å². The molecule has 0 aliphatic heterocycles. The second-order valence-electron chi connectivity index (χ2n) is 4.90. The molecule has 0 amide bonds. The van der Waals surface area contributed by atoms with Crippen molar-refractivity contribution in [2.24, 2.45) is 0 Å². The standard InChI is InChI=1S/C18H14N2OS/c1-13(15-9-7-14(11-19)8-10-15)17-12-20-18(22-17)21-16-5-3-2-4-6-16/h2-10,12-13H,1H3. The second kappa shape index (κ2) is 6.42. The Hall–Kier alpha value is -2.64. The summed E-state index contributed by atoms with van der Waals surface area (Å²) in [4.78, 5) is 5.47. The zero-order chi connectivity index (χ0) is 15.4. The van der Waals surface area contributed by atoms with Gasteiger partial charge in [-0.15, -0.1) is 0 Å². The molecule has 0 aliphatic rings. The first-order valence-electron chi connectivity index (χ1n) is 6.95. The van der Waals surface area contributed by atoms with E-state index in [1.807, 2.05) is 60.8 Å². The summed E-state index contributed by atoms with van der Waals surface area (Å²) in [6, 6.07) is 19.4. The first-order valence-corrected chi connectivity index (χ1v) is 7.76. The Morgan fingerprint density at radius 2 is 1.82 bits per heavy atom. The molecule has 0 saturated carbocycles. The first kappa shape index (κ1) is 14.3. The van der Waals surface area contributed by atoms with Crippen LogP contribution in [0.1, 0.15) is 28.8 Å². The minimum absolute atomic E-state index is 0.221. The highest BCUT2D eigenvalue weighted by atomic mass is 32.1. The first-order chi connectivity index (χ1) is 10.8. The lowest BCUT2D eigenvalue weighted by Gasteiger charge is -2.08. The van der Waals surface area contributed by atoms with Gasteiger partial charge in [-0.2, -0.15) is 5.26 Å². The van der Waals surface area contributed by atoms with E-state index in [2.05, 4.69) is 18.0 Å². The van der Waals surface area contributed by atoms with Crippen LogP contribution in [0.5, 0.6) is 10.9 Å². The van der Waals surface area contributed by atoms with Gasteiger partial charge in [-0.05, 0) is 29.8 Å². The van der Waals surface area contributed by atoms with Crippen LogP contribution in [0.4, 0.5) is 0 Å². The minimum atomic E-state index is 0.221. The predicted molar refractivity (Wildman–Crippen MR) is 87.3 cm³/mol. The Kier molecular flexibility index (Phi) is 4.17. The maximum Gasteiger partial charge on any atom is 0.278 e. The number of rotatable bonds is 4. The molecular formula is C18H14N2OS. The SMILES string of the molecule is CC(c1ccc(C#N)cc1)c1cnc(Oc2ccccc2)s1. The van der Waals surface area contributed by atoms with Crippen LogP contribution in [0.2, 0.25) is 0 Å². The average molecular weight is 306 g/mol. The monoisotopic (exact) mass is 306 g/mol. The van der Waals surface area contributed by atoms with Crippen LogP contribution < -0.4 is 4.74 Å². The van der Waals surface area contributed by atoms with Gasteiger partial charge < -0.3 is 4.74 Å². The Labute approximate surface area is 133 Å². The fourth-order valence-electron chi connectivity index (χ4n) is 2.12. The van der Waals surface area contributed by atoms with Gasteiger partial charge in [0.05, 0.1) is 11.6 Å². The topological polar surface area (TPSA) is 45.9 Å². The van der Waals surface area contributed by atoms with Crippen molar-refractivity contribution in [2.45, 2.75) is 12.8 Å². The zero-order valence-electron chi connectivity index (χ0n) is 12.1. The molecular weight excluding hydrogens is 292 g/mol. The van der Waals surface area contributed by atoms with Crippen molar-refractivity contribution in [3.63, 3.8) is 0 Å². The summed E-state index contributed by atoms with van der Waals surface area (Å²) in [5.74, 6) is 1.01. The second-order valence-corrected chi connectivity index (χ2v) is 5.92. The molecule has 1 unspecified atom stereocenters. The molecule has 2 aromatic carbocycles. The summed E-state index contributed by atoms with van der Waals surface area (Å²) in [6.45, 7) is 2.13. The summed E-state index contributed by atoms with van der Waals surface area (Å²) in [5.41, 5.74) is 1.84. The van der Waals surface area contributed by atoms with Gasteiger partial charge in [-0.1, -0.05) is 48.6 Å². The van der Waals surface area contributed by atoms with Gasteiger partial charge in [0.2, 0.25) is 0 Å². The highest BCUT2D eigenvalue weighted by Gasteiger charge is 2.13. The normalized spacial score (nSPS) is 11.6. The van der Waals surface area contributed by atoms with Gasteiger partial charge in [-0.3, -0.25) is 0 Å². The van der Waals surface area contributed by atoms with Crippen LogP contribution in [0, 0.1) is 11.3 Å². The minimum Gasteiger partial charge on any atom is -0.431 e. The molecule has 0 aliphatic carbocycles. The highest BCUT2D eigenvalue weighted by Crippen LogP contribution is 2.33. The lowest BCUT2D eigenvalue weighted by Crippen LogP contribution is -1.92. The quantitative estimate of drug-likeness (QED) is 0.684. The van der Waals surface area contributed by atoms with Crippen molar-refractivity contribution in [3.8, 4) is 17.0 Å². The van der Waals surface area contributed by atoms with Crippen LogP contribution in [0.15, 0.2) is 60.8 Å². The third kappa shape index (κ3) is 3.16. The maximum absolute atomic E-state index is 8.85. The number of hydrogen-bond donors (Lipinski definition) is 0. The maximum atomic E-state index is 8.85. The van der Waals surface area contributed by atoms with Crippen LogP contribution in [-0.4, -0.2) is 4.98 Å². The molecule has 0 bridgehead atoms. The average Bonchev–Trinajstić information content (AvgIpc) is 3.04. The van der Waals surface area contributed by atoms with E-state index in [-0.39, 0.29) is 5.92 Å². The van der Waals surface area contributed by atoms with E-state index in [1.54, 1.807) is 11.3 Å². The van der Waals surface area contributed by atoms with Crippen LogP contribution in [0.25, 0.3) is 0 Å². The number of benzene rings is 2. The van der Waals surface area contributed by atoms with E-state index in [0.29, 0.717) is 10.8 Å². The molecule has 1 aromatic heterocycles. The molecule has 0 N–H and O–H groups in total. The van der Waals surface area contributed by atoms with Crippen LogP contribution in [0.3, 0.4) is 0 Å². The number of hydrogen-bond acceptors (Lipinski definition) is 4. The third-order valence-electron chi connectivity index (χ3n) is 3.42. The van der Waals surface area contributed by atoms with Crippen molar-refractivity contribution >= 4 is 11.3 Å². The number of aromatic nitrogens is 1. The Bertz CT molecular complexity index is 788. The molecule has 3 nitrogen and oxygen atoms in total. The number of thiazole rings is 1. The summed E-state index contributed by atoms with van der Waals surface area (Å²) in [7, 11) is 0. The Morgan fingerprint density at radius 1 is 1.09 bits per heavy atom. The molecule has 3 rings (SSSR count). The fraction of sp³-hybridized carbons (Fsp3) is 0.111. The number of nitriles is 1. The van der Waals surface area contributed by atoms with Gasteiger partial charge >= 0.3 is 0 Å². The van der Waals surface area contributed by atoms with E-state index >= 15 is 0 Å². The zero-order valence-corrected chi connectivity index (χ0v) is 12.9. The smallest absolute Gasteiger partial charge is 0.278 e. The lowest BCUT2D eigenvalue weighted by atomic mass is 9.99. The van der Waals surface area contributed by atoms with Gasteiger partial charge in [-0.25, -0.2) is 4.98 Å². The van der Waals surface area contributed by atoms with Gasteiger partial charge in [0.25, 0.3) is 5.19 Å². The molecule has 4 heteroatoms. The van der Waals surface area contributed by atoms with Crippen LogP contribution in [-0.2, 0) is 0 Å². The van der Waals surface area contributed by atoms with Crippen molar-refractivity contribution in [1.29, 1.82) is 5.26 Å². The van der Waals surface area contributed by atoms with E-state index in [9.17, 15) is 0 Å². The molecule has 3 aromatic rings. The summed E-state index contributed by atoms with van der Waals surface area (Å²) < 4.78 is 5.75. The number of nitrogens with zero attached hydrogens (tertiary/aromatic N) is 2. The molecule has 0 fully saturated rings. The van der Waals surface area contributed by atoms with E-state index in [0.717, 1.165) is 16.2 Å². The van der Waals surface area contributed by atoms with Gasteiger partial charge in [0.1, 0.15) is 5.75 Å². The van der Waals surface area contributed by atoms with Gasteiger partial charge in [0.15, 0.2) is 0 Å². The predicted octanol–water partition coefficient (Wildman–Crippen LogP) is 4.96. The van der Waals surface area contributed by atoms with Crippen molar-refractivity contribution in [2.75, 3.05) is 0 Å². The summed E-state index contributed by atoms with van der Waals surface area (Å²) in [5, 5.41) is 9.49. The van der Waals surface area contributed by atoms with Gasteiger partial charge in [0, 0.05) is 17.0 Å². The largest absolute Gasteiger partial charge is 0.431 e. The molecule has 22 heavy (non-hydrogen) atoms. The Morgan fingerprint density at radius 3 is 2.50 bits per heavy atom. The molecule has 0 spiro atoms. The summed E-state index contributed by atoms with van der Waals surface area (Å²) in [6.07, 6.45) is 1.85. The molecule has 0 saturated heterocycles. The van der Waals surface area contributed by atoms with Crippen molar-refractivity contribution in [1.82, 2.24) is 4.98 Å². The molecule has 0 radical (unpaired) electrons. The Balaban J connectivity index is 1.76. The molecule has 1 atom stereocenters. The number of ether oxygens (including phenoxy) is 1. The molecule has 108 valence electrons. The van der Waals surface area contributed by atoms with E-state index < -0.39 is 0 Å². The molecule has 1 heterocycles. The lowest BCUT2D eigenvalue weighted by molar-refractivity contribution is 0.479. The third-order valence-corrected chi connectivity index (χ3v) is 4.48. The van der Waals surface area contributed by atoms with Crippen LogP contribution >= 0.6 is 11.3 Å². The fourth-order valence-corrected chi connectivity index (χ4v) is 2.98. The van der Waals surface area contributed by atoms with Crippen molar-refractivity contribution < 1.29 is 4.74 Å². The highest BCUT2D eigenvalue weighted by molar-refractivity contribution is 7.13. The number of para-hydroxylation sites is 1. The summed E-state index contributed by atoms with van der Waals surface area (Å²) >= 11 is 1.54. The van der Waals surface area contributed by atoms with E-state index in [4.69, 9.17) is 10.00 Å². The van der Waals surface area contributed by atoms with Crippen molar-refractivity contribution in [3.05, 3.63) is 76.8 Å².